The Labute approximate surface area is 125 Å². The fourth-order valence-electron chi connectivity index (χ4n) is 2.00. The Morgan fingerprint density at radius 1 is 1.29 bits per heavy atom. The monoisotopic (exact) mass is 289 g/mol. The van der Waals surface area contributed by atoms with Crippen LogP contribution in [0, 0.1) is 12.8 Å². The summed E-state index contributed by atoms with van der Waals surface area (Å²) in [4.78, 5) is 0. The first-order valence-corrected chi connectivity index (χ1v) is 7.28. The molecule has 1 aromatic heterocycles. The first-order chi connectivity index (χ1) is 10.1. The number of anilines is 1. The van der Waals surface area contributed by atoms with Crippen molar-refractivity contribution in [3.05, 3.63) is 23.8 Å². The number of nitrogen functional groups attached to an aromatic ring is 1. The second-order valence-corrected chi connectivity index (χ2v) is 5.59. The third-order valence-corrected chi connectivity index (χ3v) is 3.32. The fourth-order valence-corrected chi connectivity index (χ4v) is 2.00. The molecular weight excluding hydrogens is 266 g/mol. The highest BCUT2D eigenvalue weighted by Crippen LogP contribution is 2.22. The third kappa shape index (κ3) is 4.26. The molecule has 0 saturated heterocycles. The molecule has 0 bridgehead atoms. The van der Waals surface area contributed by atoms with Gasteiger partial charge in [0.05, 0.1) is 13.2 Å². The van der Waals surface area contributed by atoms with Crippen LogP contribution in [0.3, 0.4) is 0 Å². The van der Waals surface area contributed by atoms with E-state index in [1.165, 1.54) is 0 Å². The summed E-state index contributed by atoms with van der Waals surface area (Å²) in [6.07, 6.45) is 1.07. The first-order valence-electron chi connectivity index (χ1n) is 7.28. The summed E-state index contributed by atoms with van der Waals surface area (Å²) in [6.45, 7) is 8.40. The van der Waals surface area contributed by atoms with Gasteiger partial charge in [-0.15, -0.1) is 5.10 Å². The number of benzene rings is 1. The first kappa shape index (κ1) is 15.4. The van der Waals surface area contributed by atoms with Crippen LogP contribution in [0.15, 0.2) is 18.2 Å². The van der Waals surface area contributed by atoms with Crippen molar-refractivity contribution in [3.8, 4) is 11.4 Å². The van der Waals surface area contributed by atoms with Crippen LogP contribution in [0.4, 0.5) is 5.69 Å². The van der Waals surface area contributed by atoms with Crippen LogP contribution in [-0.4, -0.2) is 33.4 Å². The van der Waals surface area contributed by atoms with Gasteiger partial charge in [0.25, 0.3) is 0 Å². The molecule has 6 nitrogen and oxygen atoms in total. The molecule has 0 aliphatic heterocycles. The third-order valence-electron chi connectivity index (χ3n) is 3.32. The second kappa shape index (κ2) is 7.17. The summed E-state index contributed by atoms with van der Waals surface area (Å²) in [5.41, 5.74) is 8.61. The van der Waals surface area contributed by atoms with Crippen LogP contribution in [0.25, 0.3) is 11.4 Å². The van der Waals surface area contributed by atoms with E-state index in [1.807, 2.05) is 25.1 Å². The Hall–Kier alpha value is -1.95. The summed E-state index contributed by atoms with van der Waals surface area (Å²) >= 11 is 0. The summed E-state index contributed by atoms with van der Waals surface area (Å²) in [5, 5.41) is 11.9. The topological polar surface area (TPSA) is 78.9 Å². The van der Waals surface area contributed by atoms with Gasteiger partial charge in [-0.2, -0.15) is 0 Å². The van der Waals surface area contributed by atoms with E-state index in [-0.39, 0.29) is 0 Å². The van der Waals surface area contributed by atoms with Crippen LogP contribution >= 0.6 is 0 Å². The number of nitrogens with zero attached hydrogens (tertiary/aromatic N) is 4. The van der Waals surface area contributed by atoms with E-state index < -0.39 is 0 Å². The lowest BCUT2D eigenvalue weighted by molar-refractivity contribution is 0.114. The number of hydrogen-bond donors (Lipinski definition) is 1. The summed E-state index contributed by atoms with van der Waals surface area (Å²) in [7, 11) is 0. The minimum Gasteiger partial charge on any atom is -0.399 e. The number of ether oxygens (including phenoxy) is 1. The van der Waals surface area contributed by atoms with Gasteiger partial charge in [0, 0.05) is 17.9 Å². The Bertz CT molecular complexity index is 579. The van der Waals surface area contributed by atoms with Crippen LogP contribution in [0.5, 0.6) is 0 Å². The minimum absolute atomic E-state index is 0.603. The molecule has 0 aliphatic rings. The zero-order chi connectivity index (χ0) is 15.2. The number of rotatable bonds is 7. The van der Waals surface area contributed by atoms with E-state index in [0.717, 1.165) is 30.0 Å². The Kier molecular flexibility index (Phi) is 5.27. The summed E-state index contributed by atoms with van der Waals surface area (Å²) in [6, 6.07) is 5.75. The highest BCUT2D eigenvalue weighted by molar-refractivity contribution is 5.65. The molecule has 1 aromatic carbocycles. The molecule has 0 saturated carbocycles. The van der Waals surface area contributed by atoms with Gasteiger partial charge >= 0.3 is 0 Å². The van der Waals surface area contributed by atoms with E-state index in [4.69, 9.17) is 10.5 Å². The zero-order valence-corrected chi connectivity index (χ0v) is 12.9. The predicted octanol–water partition coefficient (Wildman–Crippen LogP) is 2.29. The molecule has 0 amide bonds. The molecule has 0 fully saturated rings. The van der Waals surface area contributed by atoms with Gasteiger partial charge in [-0.3, -0.25) is 0 Å². The van der Waals surface area contributed by atoms with E-state index in [0.29, 0.717) is 24.8 Å². The van der Waals surface area contributed by atoms with Gasteiger partial charge in [0.2, 0.25) is 0 Å². The molecule has 0 radical (unpaired) electrons. The fraction of sp³-hybridized carbons (Fsp3) is 0.533. The highest BCUT2D eigenvalue weighted by Gasteiger charge is 2.11. The van der Waals surface area contributed by atoms with E-state index in [9.17, 15) is 0 Å². The molecule has 2 aromatic rings. The second-order valence-electron chi connectivity index (χ2n) is 5.59. The molecule has 2 rings (SSSR count). The van der Waals surface area contributed by atoms with E-state index in [1.54, 1.807) is 4.68 Å². The van der Waals surface area contributed by atoms with Crippen molar-refractivity contribution >= 4 is 5.69 Å². The largest absolute Gasteiger partial charge is 0.399 e. The van der Waals surface area contributed by atoms with Crippen molar-refractivity contribution in [2.75, 3.05) is 18.9 Å². The molecule has 1 heterocycles. The van der Waals surface area contributed by atoms with Crippen molar-refractivity contribution in [2.45, 2.75) is 33.7 Å². The van der Waals surface area contributed by atoms with Gasteiger partial charge in [-0.1, -0.05) is 19.9 Å². The summed E-state index contributed by atoms with van der Waals surface area (Å²) in [5.74, 6) is 1.39. The van der Waals surface area contributed by atoms with Crippen LogP contribution in [-0.2, 0) is 11.3 Å². The summed E-state index contributed by atoms with van der Waals surface area (Å²) < 4.78 is 7.38. The number of tetrazole rings is 1. The maximum atomic E-state index is 5.85. The molecule has 21 heavy (non-hydrogen) atoms. The van der Waals surface area contributed by atoms with Gasteiger partial charge in [0.1, 0.15) is 0 Å². The van der Waals surface area contributed by atoms with Crippen molar-refractivity contribution in [1.82, 2.24) is 20.2 Å². The van der Waals surface area contributed by atoms with Crippen LogP contribution in [0.2, 0.25) is 0 Å². The standard InChI is InChI=1S/C15H23N5O/c1-11(2)6-8-21-9-7-20-15(17-18-19-20)14-10-13(16)5-4-12(14)3/h4-5,10-11H,6-9,16H2,1-3H3. The van der Waals surface area contributed by atoms with Crippen molar-refractivity contribution in [1.29, 1.82) is 0 Å². The lowest BCUT2D eigenvalue weighted by Crippen LogP contribution is -2.11. The average Bonchev–Trinajstić information content (AvgIpc) is 2.89. The molecule has 2 N–H and O–H groups in total. The molecule has 6 heteroatoms. The molecule has 0 unspecified atom stereocenters. The van der Waals surface area contributed by atoms with E-state index in [2.05, 4.69) is 29.4 Å². The zero-order valence-electron chi connectivity index (χ0n) is 12.9. The predicted molar refractivity (Wildman–Crippen MR) is 82.7 cm³/mol. The Morgan fingerprint density at radius 3 is 2.86 bits per heavy atom. The maximum Gasteiger partial charge on any atom is 0.182 e. The smallest absolute Gasteiger partial charge is 0.182 e. The Morgan fingerprint density at radius 2 is 2.10 bits per heavy atom. The van der Waals surface area contributed by atoms with Gasteiger partial charge in [0.15, 0.2) is 5.82 Å². The Balaban J connectivity index is 2.00. The number of aryl methyl sites for hydroxylation is 1. The van der Waals surface area contributed by atoms with Crippen molar-refractivity contribution in [2.24, 2.45) is 5.92 Å². The van der Waals surface area contributed by atoms with Crippen LogP contribution < -0.4 is 5.73 Å². The minimum atomic E-state index is 0.603. The van der Waals surface area contributed by atoms with Crippen LogP contribution in [0.1, 0.15) is 25.8 Å². The number of hydrogen-bond acceptors (Lipinski definition) is 5. The maximum absolute atomic E-state index is 5.85. The molecule has 0 spiro atoms. The number of nitrogens with two attached hydrogens (primary N) is 1. The highest BCUT2D eigenvalue weighted by atomic mass is 16.5. The molecule has 0 atom stereocenters. The SMILES string of the molecule is Cc1ccc(N)cc1-c1nnnn1CCOCCC(C)C. The molecule has 0 aliphatic carbocycles. The van der Waals surface area contributed by atoms with Gasteiger partial charge in [-0.25, -0.2) is 4.68 Å². The normalized spacial score (nSPS) is 11.2. The molecule has 114 valence electrons. The molecular formula is C15H23N5O. The average molecular weight is 289 g/mol. The quantitative estimate of drug-likeness (QED) is 0.625. The van der Waals surface area contributed by atoms with Gasteiger partial charge in [-0.05, 0) is 47.4 Å². The van der Waals surface area contributed by atoms with Gasteiger partial charge < -0.3 is 10.5 Å². The van der Waals surface area contributed by atoms with Crippen molar-refractivity contribution in [3.63, 3.8) is 0 Å². The van der Waals surface area contributed by atoms with Crippen molar-refractivity contribution < 1.29 is 4.74 Å². The lowest BCUT2D eigenvalue weighted by atomic mass is 10.1. The lowest BCUT2D eigenvalue weighted by Gasteiger charge is -2.09. The van der Waals surface area contributed by atoms with E-state index >= 15 is 0 Å². The number of aromatic nitrogens is 4.